The molecule has 2 bridgehead atoms. The summed E-state index contributed by atoms with van der Waals surface area (Å²) in [4.78, 5) is 32.9. The molecule has 1 unspecified atom stereocenters. The van der Waals surface area contributed by atoms with Crippen molar-refractivity contribution < 1.29 is 19.1 Å². The third-order valence-electron chi connectivity index (χ3n) is 5.19. The molecule has 0 radical (unpaired) electrons. The number of aliphatic carboxylic acids is 1. The molecule has 4 aliphatic heterocycles. The van der Waals surface area contributed by atoms with Crippen molar-refractivity contribution in [2.45, 2.75) is 24.4 Å². The van der Waals surface area contributed by atoms with Crippen molar-refractivity contribution in [3.8, 4) is 0 Å². The van der Waals surface area contributed by atoms with Gasteiger partial charge in [0.25, 0.3) is 5.91 Å². The van der Waals surface area contributed by atoms with Crippen LogP contribution in [0, 0.1) is 5.95 Å². The summed E-state index contributed by atoms with van der Waals surface area (Å²) in [7, 11) is 0. The maximum absolute atomic E-state index is 13.3. The molecule has 24 heavy (non-hydrogen) atoms. The van der Waals surface area contributed by atoms with E-state index in [0.717, 1.165) is 38.5 Å². The van der Waals surface area contributed by atoms with Crippen LogP contribution >= 0.6 is 0 Å². The normalized spacial score (nSPS) is 31.3. The van der Waals surface area contributed by atoms with E-state index >= 15 is 0 Å². The number of halogens is 1. The summed E-state index contributed by atoms with van der Waals surface area (Å²) >= 11 is 0. The lowest BCUT2D eigenvalue weighted by Crippen LogP contribution is -2.60. The molecule has 8 nitrogen and oxygen atoms in total. The van der Waals surface area contributed by atoms with Gasteiger partial charge in [-0.15, -0.1) is 0 Å². The fourth-order valence-corrected chi connectivity index (χ4v) is 3.85. The third-order valence-corrected chi connectivity index (χ3v) is 5.19. The minimum atomic E-state index is -1.98. The highest BCUT2D eigenvalue weighted by atomic mass is 19.1. The van der Waals surface area contributed by atoms with Gasteiger partial charge in [-0.1, -0.05) is 0 Å². The van der Waals surface area contributed by atoms with E-state index in [-0.39, 0.29) is 17.4 Å². The van der Waals surface area contributed by atoms with Gasteiger partial charge in [0.15, 0.2) is 0 Å². The number of rotatable bonds is 2. The average molecular weight is 335 g/mol. The van der Waals surface area contributed by atoms with Crippen molar-refractivity contribution in [2.24, 2.45) is 0 Å². The second-order valence-corrected chi connectivity index (χ2v) is 6.41. The predicted octanol–water partition coefficient (Wildman–Crippen LogP) is -0.263. The van der Waals surface area contributed by atoms with Crippen LogP contribution in [0.3, 0.4) is 0 Å². The fraction of sp³-hybridized carbons (Fsp3) is 0.533. The van der Waals surface area contributed by atoms with Crippen LogP contribution in [-0.4, -0.2) is 64.0 Å². The maximum atomic E-state index is 13.3. The Bertz CT molecular complexity index is 706. The first-order valence-corrected chi connectivity index (χ1v) is 7.99. The first kappa shape index (κ1) is 15.3. The number of carboxylic acids is 1. The lowest BCUT2D eigenvalue weighted by atomic mass is 9.89. The minimum absolute atomic E-state index is 0.0340. The van der Waals surface area contributed by atoms with Gasteiger partial charge in [-0.3, -0.25) is 4.79 Å². The SMILES string of the molecule is O=C(O)C1(C(=O)N2CCN3CCC2CC3)NNc2nc(F)ccc21. The van der Waals surface area contributed by atoms with E-state index in [4.69, 9.17) is 0 Å². The highest BCUT2D eigenvalue weighted by Crippen LogP contribution is 2.36. The smallest absolute Gasteiger partial charge is 0.340 e. The van der Waals surface area contributed by atoms with Gasteiger partial charge in [0.1, 0.15) is 5.82 Å². The molecule has 1 atom stereocenters. The van der Waals surface area contributed by atoms with Gasteiger partial charge in [-0.2, -0.15) is 4.39 Å². The summed E-state index contributed by atoms with van der Waals surface area (Å²) in [6.45, 7) is 3.07. The van der Waals surface area contributed by atoms with Gasteiger partial charge < -0.3 is 20.3 Å². The average Bonchev–Trinajstić information content (AvgIpc) is 2.71. The van der Waals surface area contributed by atoms with E-state index in [1.807, 2.05) is 0 Å². The number of pyridine rings is 1. The second-order valence-electron chi connectivity index (χ2n) is 6.41. The number of fused-ring (bicyclic) bond motifs is 5. The van der Waals surface area contributed by atoms with Crippen LogP contribution in [-0.2, 0) is 15.1 Å². The Kier molecular flexibility index (Phi) is 3.43. The summed E-state index contributed by atoms with van der Waals surface area (Å²) in [5.74, 6) is -2.55. The van der Waals surface area contributed by atoms with E-state index < -0.39 is 23.4 Å². The number of hydrazine groups is 1. The van der Waals surface area contributed by atoms with Gasteiger partial charge >= 0.3 is 5.97 Å². The molecule has 3 N–H and O–H groups in total. The Morgan fingerprint density at radius 2 is 2.00 bits per heavy atom. The van der Waals surface area contributed by atoms with Gasteiger partial charge in [-0.05, 0) is 25.0 Å². The van der Waals surface area contributed by atoms with Crippen molar-refractivity contribution in [1.29, 1.82) is 0 Å². The van der Waals surface area contributed by atoms with Crippen LogP contribution in [0.1, 0.15) is 18.4 Å². The molecular weight excluding hydrogens is 317 g/mol. The fourth-order valence-electron chi connectivity index (χ4n) is 3.85. The van der Waals surface area contributed by atoms with E-state index in [0.29, 0.717) is 6.54 Å². The lowest BCUT2D eigenvalue weighted by Gasteiger charge is -2.36. The van der Waals surface area contributed by atoms with Crippen LogP contribution in [0.5, 0.6) is 0 Å². The first-order valence-electron chi connectivity index (χ1n) is 7.99. The number of carbonyl (C=O) groups is 2. The predicted molar refractivity (Wildman–Crippen MR) is 81.4 cm³/mol. The zero-order valence-corrected chi connectivity index (χ0v) is 13.0. The third kappa shape index (κ3) is 2.08. The molecule has 0 aromatic carbocycles. The molecule has 1 aromatic heterocycles. The van der Waals surface area contributed by atoms with Gasteiger partial charge in [-0.25, -0.2) is 15.2 Å². The van der Waals surface area contributed by atoms with Crippen molar-refractivity contribution in [3.05, 3.63) is 23.6 Å². The number of piperidine rings is 1. The number of amides is 1. The molecule has 5 rings (SSSR count). The van der Waals surface area contributed by atoms with Crippen molar-refractivity contribution in [1.82, 2.24) is 20.2 Å². The molecule has 0 spiro atoms. The number of hydrogen-bond acceptors (Lipinski definition) is 6. The Labute approximate surface area is 137 Å². The number of hydrogen-bond donors (Lipinski definition) is 3. The monoisotopic (exact) mass is 335 g/mol. The summed E-state index contributed by atoms with van der Waals surface area (Å²) in [5.41, 5.74) is 3.27. The molecule has 4 aliphatic rings. The molecule has 9 heteroatoms. The molecule has 3 saturated heterocycles. The van der Waals surface area contributed by atoms with Crippen molar-refractivity contribution >= 4 is 17.7 Å². The highest BCUT2D eigenvalue weighted by Gasteiger charge is 2.56. The van der Waals surface area contributed by atoms with Crippen molar-refractivity contribution in [3.63, 3.8) is 0 Å². The number of nitrogens with zero attached hydrogens (tertiary/aromatic N) is 3. The standard InChI is InChI=1S/C15H18FN5O3/c16-11-2-1-10-12(17-11)18-19-15(10,14(23)24)13(22)21-8-7-20-5-3-9(21)4-6-20/h1-2,9,19H,3-8H2,(H,17,18)(H,23,24). The van der Waals surface area contributed by atoms with Crippen LogP contribution in [0.2, 0.25) is 0 Å². The highest BCUT2D eigenvalue weighted by molar-refractivity contribution is 6.09. The Hall–Kier alpha value is -2.26. The zero-order chi connectivity index (χ0) is 16.9. The number of anilines is 1. The van der Waals surface area contributed by atoms with Crippen LogP contribution in [0.4, 0.5) is 10.2 Å². The largest absolute Gasteiger partial charge is 0.479 e. The molecule has 128 valence electrons. The van der Waals surface area contributed by atoms with E-state index in [1.54, 1.807) is 4.90 Å². The van der Waals surface area contributed by atoms with E-state index in [2.05, 4.69) is 20.7 Å². The molecule has 1 aromatic rings. The second kappa shape index (κ2) is 5.38. The number of carboxylic acid groups (broad SMARTS) is 1. The molecular formula is C15H18FN5O3. The first-order chi connectivity index (χ1) is 11.5. The maximum Gasteiger partial charge on any atom is 0.340 e. The number of carbonyl (C=O) groups excluding carboxylic acids is 1. The Morgan fingerprint density at radius 1 is 1.25 bits per heavy atom. The van der Waals surface area contributed by atoms with Gasteiger partial charge in [0.05, 0.1) is 0 Å². The quantitative estimate of drug-likeness (QED) is 0.506. The molecule has 3 fully saturated rings. The van der Waals surface area contributed by atoms with Crippen LogP contribution < -0.4 is 10.9 Å². The van der Waals surface area contributed by atoms with Gasteiger partial charge in [0.2, 0.25) is 11.5 Å². The number of aromatic nitrogens is 1. The zero-order valence-electron chi connectivity index (χ0n) is 13.0. The van der Waals surface area contributed by atoms with Crippen LogP contribution in [0.25, 0.3) is 0 Å². The van der Waals surface area contributed by atoms with Crippen molar-refractivity contribution in [2.75, 3.05) is 31.6 Å². The summed E-state index contributed by atoms with van der Waals surface area (Å²) in [6, 6.07) is 2.40. The summed E-state index contributed by atoms with van der Waals surface area (Å²) < 4.78 is 13.3. The molecule has 1 amide bonds. The number of nitrogens with one attached hydrogen (secondary N) is 2. The Morgan fingerprint density at radius 3 is 2.71 bits per heavy atom. The lowest BCUT2D eigenvalue weighted by molar-refractivity contribution is -0.156. The topological polar surface area (TPSA) is 97.8 Å². The minimum Gasteiger partial charge on any atom is -0.479 e. The summed E-state index contributed by atoms with van der Waals surface area (Å²) in [6.07, 6.45) is 1.67. The summed E-state index contributed by atoms with van der Waals surface area (Å²) in [5, 5.41) is 9.84. The van der Waals surface area contributed by atoms with Gasteiger partial charge in [0, 0.05) is 37.8 Å². The van der Waals surface area contributed by atoms with Crippen LogP contribution in [0.15, 0.2) is 12.1 Å². The van der Waals surface area contributed by atoms with E-state index in [1.165, 1.54) is 6.07 Å². The Balaban J connectivity index is 1.75. The molecule has 0 aliphatic carbocycles. The molecule has 0 saturated carbocycles. The molecule has 5 heterocycles. The van der Waals surface area contributed by atoms with E-state index in [9.17, 15) is 19.1 Å².